The zero-order valence-corrected chi connectivity index (χ0v) is 15.8. The monoisotopic (exact) mass is 395 g/mol. The molecule has 1 amide bonds. The number of amides is 1. The maximum Gasteiger partial charge on any atom is 0.350 e. The summed E-state index contributed by atoms with van der Waals surface area (Å²) < 4.78 is 16.2. The first kappa shape index (κ1) is 18.1. The summed E-state index contributed by atoms with van der Waals surface area (Å²) in [5.74, 6) is 0.215. The lowest BCUT2D eigenvalue weighted by Crippen LogP contribution is -2.40. The minimum Gasteiger partial charge on any atom is -0.485 e. The average molecular weight is 395 g/mol. The van der Waals surface area contributed by atoms with E-state index >= 15 is 0 Å². The molecular weight excluding hydrogens is 378 g/mol. The summed E-state index contributed by atoms with van der Waals surface area (Å²) in [6.45, 7) is 0.0894. The third-order valence-electron chi connectivity index (χ3n) is 4.22. The van der Waals surface area contributed by atoms with Gasteiger partial charge >= 0.3 is 5.97 Å². The Morgan fingerprint density at radius 1 is 1.07 bits per heavy atom. The van der Waals surface area contributed by atoms with Crippen LogP contribution < -0.4 is 14.8 Å². The molecule has 142 valence electrons. The van der Waals surface area contributed by atoms with Crippen LogP contribution in [0.4, 0.5) is 5.69 Å². The molecule has 2 heterocycles. The number of rotatable bonds is 4. The van der Waals surface area contributed by atoms with Gasteiger partial charge in [0.25, 0.3) is 5.91 Å². The number of benzene rings is 2. The molecular formula is C21H17NO5S. The molecule has 1 N–H and O–H groups in total. The number of hydrogen-bond donors (Lipinski definition) is 1. The molecule has 6 nitrogen and oxygen atoms in total. The molecule has 0 saturated heterocycles. The van der Waals surface area contributed by atoms with Gasteiger partial charge in [-0.15, -0.1) is 11.3 Å². The molecule has 28 heavy (non-hydrogen) atoms. The van der Waals surface area contributed by atoms with Crippen molar-refractivity contribution >= 4 is 28.9 Å². The molecule has 4 rings (SSSR count). The van der Waals surface area contributed by atoms with Crippen molar-refractivity contribution in [2.45, 2.75) is 6.10 Å². The Hall–Kier alpha value is -3.32. The second-order valence-electron chi connectivity index (χ2n) is 6.06. The minimum absolute atomic E-state index is 0.0894. The van der Waals surface area contributed by atoms with E-state index < -0.39 is 18.0 Å². The standard InChI is InChI=1S/C21H17NO5S/c1-25-21(24)19-14(11-18(28-19)13-7-3-2-4-8-13)22-20(23)17-12-26-15-9-5-6-10-16(15)27-17/h2-11,17H,12H2,1H3,(H,22,23)/t17-/m1/s1. The van der Waals surface area contributed by atoms with Gasteiger partial charge in [-0.2, -0.15) is 0 Å². The summed E-state index contributed by atoms with van der Waals surface area (Å²) in [6, 6.07) is 18.6. The fourth-order valence-corrected chi connectivity index (χ4v) is 3.87. The van der Waals surface area contributed by atoms with E-state index in [4.69, 9.17) is 14.2 Å². The molecule has 1 aromatic heterocycles. The molecule has 0 unspecified atom stereocenters. The molecule has 1 aliphatic rings. The Morgan fingerprint density at radius 3 is 2.54 bits per heavy atom. The van der Waals surface area contributed by atoms with Gasteiger partial charge in [0.15, 0.2) is 11.5 Å². The van der Waals surface area contributed by atoms with Crippen molar-refractivity contribution in [2.75, 3.05) is 19.0 Å². The summed E-state index contributed by atoms with van der Waals surface area (Å²) in [6.07, 6.45) is -0.819. The third-order valence-corrected chi connectivity index (χ3v) is 5.38. The fraction of sp³-hybridized carbons (Fsp3) is 0.143. The SMILES string of the molecule is COC(=O)c1sc(-c2ccccc2)cc1NC(=O)[C@H]1COc2ccccc2O1. The largest absolute Gasteiger partial charge is 0.485 e. The number of carbonyl (C=O) groups is 2. The van der Waals surface area contributed by atoms with Crippen LogP contribution in [-0.2, 0) is 9.53 Å². The van der Waals surface area contributed by atoms with Gasteiger partial charge in [0, 0.05) is 4.88 Å². The van der Waals surface area contributed by atoms with Crippen LogP contribution in [0.2, 0.25) is 0 Å². The molecule has 1 atom stereocenters. The van der Waals surface area contributed by atoms with Crippen molar-refractivity contribution in [3.05, 3.63) is 65.5 Å². The first-order chi connectivity index (χ1) is 13.7. The first-order valence-corrected chi connectivity index (χ1v) is 9.44. The van der Waals surface area contributed by atoms with Crippen LogP contribution in [0.1, 0.15) is 9.67 Å². The number of anilines is 1. The zero-order chi connectivity index (χ0) is 19.5. The van der Waals surface area contributed by atoms with Crippen LogP contribution in [0, 0.1) is 0 Å². The van der Waals surface area contributed by atoms with Gasteiger partial charge < -0.3 is 19.5 Å². The molecule has 2 aromatic carbocycles. The quantitative estimate of drug-likeness (QED) is 0.677. The Balaban J connectivity index is 1.58. The number of ether oxygens (including phenoxy) is 3. The first-order valence-electron chi connectivity index (χ1n) is 8.62. The van der Waals surface area contributed by atoms with Crippen LogP contribution in [0.3, 0.4) is 0 Å². The summed E-state index contributed by atoms with van der Waals surface area (Å²) in [7, 11) is 1.31. The Kier molecular flexibility index (Phi) is 4.99. The molecule has 0 radical (unpaired) electrons. The maximum absolute atomic E-state index is 12.7. The second-order valence-corrected chi connectivity index (χ2v) is 7.12. The lowest BCUT2D eigenvalue weighted by Gasteiger charge is -2.25. The summed E-state index contributed by atoms with van der Waals surface area (Å²) >= 11 is 1.26. The smallest absolute Gasteiger partial charge is 0.350 e. The highest BCUT2D eigenvalue weighted by molar-refractivity contribution is 7.18. The summed E-state index contributed by atoms with van der Waals surface area (Å²) in [5.41, 5.74) is 1.34. The van der Waals surface area contributed by atoms with Crippen molar-refractivity contribution in [1.29, 1.82) is 0 Å². The number of methoxy groups -OCH3 is 1. The predicted molar refractivity (Wildman–Crippen MR) is 106 cm³/mol. The molecule has 0 saturated carbocycles. The van der Waals surface area contributed by atoms with Gasteiger partial charge in [0.05, 0.1) is 12.8 Å². The molecule has 7 heteroatoms. The van der Waals surface area contributed by atoms with E-state index in [2.05, 4.69) is 5.32 Å². The van der Waals surface area contributed by atoms with Crippen molar-refractivity contribution in [3.63, 3.8) is 0 Å². The number of esters is 1. The number of hydrogen-bond acceptors (Lipinski definition) is 6. The van der Waals surface area contributed by atoms with Crippen LogP contribution in [0.5, 0.6) is 11.5 Å². The molecule has 1 aliphatic heterocycles. The fourth-order valence-electron chi connectivity index (χ4n) is 2.83. The normalized spacial score (nSPS) is 15.0. The number of nitrogens with one attached hydrogen (secondary N) is 1. The topological polar surface area (TPSA) is 73.9 Å². The average Bonchev–Trinajstić information content (AvgIpc) is 3.17. The molecule has 0 spiro atoms. The van der Waals surface area contributed by atoms with Crippen LogP contribution in [-0.4, -0.2) is 31.7 Å². The lowest BCUT2D eigenvalue weighted by molar-refractivity contribution is -0.125. The highest BCUT2D eigenvalue weighted by atomic mass is 32.1. The number of fused-ring (bicyclic) bond motifs is 1. The van der Waals surface area contributed by atoms with Gasteiger partial charge in [-0.25, -0.2) is 4.79 Å². The van der Waals surface area contributed by atoms with Crippen LogP contribution in [0.15, 0.2) is 60.7 Å². The predicted octanol–water partition coefficient (Wildman–Crippen LogP) is 3.98. The van der Waals surface area contributed by atoms with Gasteiger partial charge in [0.2, 0.25) is 6.10 Å². The van der Waals surface area contributed by atoms with E-state index in [0.717, 1.165) is 10.4 Å². The Labute approximate surface area is 165 Å². The van der Waals surface area contributed by atoms with E-state index in [0.29, 0.717) is 22.1 Å². The van der Waals surface area contributed by atoms with E-state index in [-0.39, 0.29) is 6.61 Å². The van der Waals surface area contributed by atoms with Crippen molar-refractivity contribution in [2.24, 2.45) is 0 Å². The van der Waals surface area contributed by atoms with E-state index in [1.165, 1.54) is 18.4 Å². The Morgan fingerprint density at radius 2 is 1.79 bits per heavy atom. The van der Waals surface area contributed by atoms with Crippen molar-refractivity contribution < 1.29 is 23.8 Å². The number of thiophene rings is 1. The third kappa shape index (κ3) is 3.57. The number of carbonyl (C=O) groups excluding carboxylic acids is 2. The van der Waals surface area contributed by atoms with Crippen molar-refractivity contribution in [1.82, 2.24) is 0 Å². The van der Waals surface area contributed by atoms with E-state index in [1.54, 1.807) is 18.2 Å². The van der Waals surface area contributed by atoms with E-state index in [9.17, 15) is 9.59 Å². The van der Waals surface area contributed by atoms with Gasteiger partial charge in [-0.3, -0.25) is 4.79 Å². The minimum atomic E-state index is -0.819. The van der Waals surface area contributed by atoms with Crippen molar-refractivity contribution in [3.8, 4) is 21.9 Å². The summed E-state index contributed by atoms with van der Waals surface area (Å²) in [4.78, 5) is 26.1. The highest BCUT2D eigenvalue weighted by Gasteiger charge is 2.29. The van der Waals surface area contributed by atoms with E-state index in [1.807, 2.05) is 42.5 Å². The molecule has 0 fully saturated rings. The zero-order valence-electron chi connectivity index (χ0n) is 15.0. The van der Waals surface area contributed by atoms with Gasteiger partial charge in [-0.1, -0.05) is 42.5 Å². The number of para-hydroxylation sites is 2. The Bertz CT molecular complexity index is 1010. The molecule has 0 aliphatic carbocycles. The maximum atomic E-state index is 12.7. The van der Waals surface area contributed by atoms with Crippen LogP contribution in [0.25, 0.3) is 10.4 Å². The lowest BCUT2D eigenvalue weighted by atomic mass is 10.2. The molecule has 3 aromatic rings. The van der Waals surface area contributed by atoms with Gasteiger partial charge in [0.1, 0.15) is 11.5 Å². The van der Waals surface area contributed by atoms with Crippen LogP contribution >= 0.6 is 11.3 Å². The highest BCUT2D eigenvalue weighted by Crippen LogP contribution is 2.36. The summed E-state index contributed by atoms with van der Waals surface area (Å²) in [5, 5.41) is 2.78. The molecule has 0 bridgehead atoms. The second kappa shape index (κ2) is 7.74. The van der Waals surface area contributed by atoms with Gasteiger partial charge in [-0.05, 0) is 23.8 Å².